The Bertz CT molecular complexity index is 566. The Morgan fingerprint density at radius 2 is 1.89 bits per heavy atom. The molecule has 19 heavy (non-hydrogen) atoms. The minimum atomic E-state index is -0.658. The molecule has 1 N–H and O–H groups in total. The summed E-state index contributed by atoms with van der Waals surface area (Å²) >= 11 is 2.24. The molecule has 0 amide bonds. The monoisotopic (exact) mass is 368 g/mol. The van der Waals surface area contributed by atoms with Crippen molar-refractivity contribution in [2.24, 2.45) is 0 Å². The van der Waals surface area contributed by atoms with Crippen molar-refractivity contribution in [2.45, 2.75) is 20.0 Å². The van der Waals surface area contributed by atoms with E-state index in [1.54, 1.807) is 0 Å². The molecule has 0 saturated carbocycles. The van der Waals surface area contributed by atoms with Crippen LogP contribution in [0.15, 0.2) is 42.5 Å². The number of ether oxygens (including phenoxy) is 1. The highest BCUT2D eigenvalue weighted by Gasteiger charge is 2.17. The number of aliphatic hydroxyl groups is 1. The van der Waals surface area contributed by atoms with Crippen molar-refractivity contribution in [2.75, 3.05) is 6.61 Å². The predicted octanol–water partition coefficient (Wildman–Crippen LogP) is 4.08. The molecule has 0 bridgehead atoms. The number of hydrogen-bond donors (Lipinski definition) is 1. The molecule has 0 fully saturated rings. The van der Waals surface area contributed by atoms with E-state index < -0.39 is 6.10 Å². The van der Waals surface area contributed by atoms with Crippen LogP contribution in [0.3, 0.4) is 0 Å². The summed E-state index contributed by atoms with van der Waals surface area (Å²) in [4.78, 5) is 0. The maximum atomic E-state index is 10.6. The van der Waals surface area contributed by atoms with Gasteiger partial charge in [0.15, 0.2) is 0 Å². The first kappa shape index (κ1) is 14.3. The predicted molar refractivity (Wildman–Crippen MR) is 85.6 cm³/mol. The summed E-state index contributed by atoms with van der Waals surface area (Å²) in [5, 5.41) is 10.6. The Morgan fingerprint density at radius 3 is 2.58 bits per heavy atom. The van der Waals surface area contributed by atoms with E-state index in [0.29, 0.717) is 6.61 Å². The van der Waals surface area contributed by atoms with Crippen LogP contribution in [0.5, 0.6) is 5.75 Å². The molecule has 0 saturated heterocycles. The second-order valence-electron chi connectivity index (χ2n) is 4.40. The van der Waals surface area contributed by atoms with Gasteiger partial charge in [0.2, 0.25) is 0 Å². The molecule has 0 radical (unpaired) electrons. The van der Waals surface area contributed by atoms with Gasteiger partial charge in [-0.1, -0.05) is 29.8 Å². The van der Waals surface area contributed by atoms with Crippen molar-refractivity contribution in [1.29, 1.82) is 0 Å². The molecule has 0 aliphatic heterocycles. The zero-order chi connectivity index (χ0) is 13.8. The third-order valence-corrected chi connectivity index (χ3v) is 3.94. The van der Waals surface area contributed by atoms with Crippen LogP contribution < -0.4 is 4.74 Å². The largest absolute Gasteiger partial charge is 0.493 e. The van der Waals surface area contributed by atoms with Gasteiger partial charge in [0.1, 0.15) is 11.9 Å². The lowest BCUT2D eigenvalue weighted by Gasteiger charge is -2.18. The van der Waals surface area contributed by atoms with Gasteiger partial charge in [-0.05, 0) is 60.2 Å². The number of halogens is 1. The Kier molecular flexibility index (Phi) is 4.82. The molecule has 2 rings (SSSR count). The molecule has 100 valence electrons. The highest BCUT2D eigenvalue weighted by Crippen LogP contribution is 2.32. The quantitative estimate of drug-likeness (QED) is 0.825. The third kappa shape index (κ3) is 3.28. The Labute approximate surface area is 127 Å². The molecule has 0 aromatic heterocycles. The van der Waals surface area contributed by atoms with E-state index in [1.165, 1.54) is 0 Å². The average Bonchev–Trinajstić information content (AvgIpc) is 2.41. The lowest BCUT2D eigenvalue weighted by molar-refractivity contribution is 0.211. The number of aryl methyl sites for hydroxylation is 1. The zero-order valence-electron chi connectivity index (χ0n) is 11.1. The molecule has 0 aliphatic carbocycles. The molecule has 2 nitrogen and oxygen atoms in total. The fourth-order valence-electron chi connectivity index (χ4n) is 2.03. The molecule has 2 aromatic rings. The van der Waals surface area contributed by atoms with E-state index in [-0.39, 0.29) is 0 Å². The van der Waals surface area contributed by atoms with Crippen LogP contribution in [-0.2, 0) is 0 Å². The lowest BCUT2D eigenvalue weighted by Crippen LogP contribution is -2.06. The molecule has 0 spiro atoms. The van der Waals surface area contributed by atoms with Crippen molar-refractivity contribution < 1.29 is 9.84 Å². The fourth-order valence-corrected chi connectivity index (χ4v) is 2.72. The van der Waals surface area contributed by atoms with Crippen LogP contribution in [0.2, 0.25) is 0 Å². The van der Waals surface area contributed by atoms with Crippen molar-refractivity contribution >= 4 is 22.6 Å². The first-order valence-corrected chi connectivity index (χ1v) is 7.37. The van der Waals surface area contributed by atoms with Gasteiger partial charge in [-0.25, -0.2) is 0 Å². The van der Waals surface area contributed by atoms with Crippen molar-refractivity contribution in [3.05, 3.63) is 62.7 Å². The summed E-state index contributed by atoms with van der Waals surface area (Å²) in [6.07, 6.45) is -0.658. The standard InChI is InChI=1S/C16H17IO2/c1-3-19-15-9-8-11(2)10-13(15)16(18)12-6-4-5-7-14(12)17/h4-10,16,18H,3H2,1-2H3. The minimum Gasteiger partial charge on any atom is -0.493 e. The van der Waals surface area contributed by atoms with Gasteiger partial charge in [0, 0.05) is 9.13 Å². The fraction of sp³-hybridized carbons (Fsp3) is 0.250. The van der Waals surface area contributed by atoms with Gasteiger partial charge in [0.05, 0.1) is 6.61 Å². The van der Waals surface area contributed by atoms with Gasteiger partial charge in [-0.3, -0.25) is 0 Å². The smallest absolute Gasteiger partial charge is 0.125 e. The van der Waals surface area contributed by atoms with Crippen LogP contribution in [0.1, 0.15) is 29.7 Å². The molecule has 3 heteroatoms. The summed E-state index contributed by atoms with van der Waals surface area (Å²) in [5.41, 5.74) is 2.85. The topological polar surface area (TPSA) is 29.5 Å². The zero-order valence-corrected chi connectivity index (χ0v) is 13.2. The highest BCUT2D eigenvalue weighted by atomic mass is 127. The molecule has 1 unspecified atom stereocenters. The second kappa shape index (κ2) is 6.39. The summed E-state index contributed by atoms with van der Waals surface area (Å²) < 4.78 is 6.66. The van der Waals surface area contributed by atoms with E-state index >= 15 is 0 Å². The van der Waals surface area contributed by atoms with Gasteiger partial charge in [0.25, 0.3) is 0 Å². The maximum Gasteiger partial charge on any atom is 0.125 e. The van der Waals surface area contributed by atoms with Crippen LogP contribution >= 0.6 is 22.6 Å². The minimum absolute atomic E-state index is 0.592. The first-order valence-electron chi connectivity index (χ1n) is 6.29. The molecule has 0 heterocycles. The van der Waals surface area contributed by atoms with Gasteiger partial charge in [-0.2, -0.15) is 0 Å². The van der Waals surface area contributed by atoms with Gasteiger partial charge >= 0.3 is 0 Å². The van der Waals surface area contributed by atoms with Crippen LogP contribution in [-0.4, -0.2) is 11.7 Å². The summed E-state index contributed by atoms with van der Waals surface area (Å²) in [6.45, 7) is 4.55. The van der Waals surface area contributed by atoms with E-state index in [2.05, 4.69) is 22.6 Å². The van der Waals surface area contributed by atoms with Gasteiger partial charge < -0.3 is 9.84 Å². The average molecular weight is 368 g/mol. The van der Waals surface area contributed by atoms with Crippen molar-refractivity contribution in [1.82, 2.24) is 0 Å². The van der Waals surface area contributed by atoms with E-state index in [9.17, 15) is 5.11 Å². The molecule has 2 aromatic carbocycles. The molecule has 1 atom stereocenters. The molecular formula is C16H17IO2. The SMILES string of the molecule is CCOc1ccc(C)cc1C(O)c1ccccc1I. The normalized spacial score (nSPS) is 12.2. The Morgan fingerprint density at radius 1 is 1.16 bits per heavy atom. The van der Waals surface area contributed by atoms with E-state index in [4.69, 9.17) is 4.74 Å². The van der Waals surface area contributed by atoms with Crippen molar-refractivity contribution in [3.63, 3.8) is 0 Å². The summed E-state index contributed by atoms with van der Waals surface area (Å²) in [7, 11) is 0. The highest BCUT2D eigenvalue weighted by molar-refractivity contribution is 14.1. The second-order valence-corrected chi connectivity index (χ2v) is 5.56. The molecule has 0 aliphatic rings. The third-order valence-electron chi connectivity index (χ3n) is 2.96. The lowest BCUT2D eigenvalue weighted by atomic mass is 9.99. The van der Waals surface area contributed by atoms with E-state index in [0.717, 1.165) is 26.0 Å². The molecular weight excluding hydrogens is 351 g/mol. The number of aliphatic hydroxyl groups excluding tert-OH is 1. The maximum absolute atomic E-state index is 10.6. The van der Waals surface area contributed by atoms with E-state index in [1.807, 2.05) is 56.3 Å². The van der Waals surface area contributed by atoms with Crippen molar-refractivity contribution in [3.8, 4) is 5.75 Å². The summed E-state index contributed by atoms with van der Waals surface area (Å²) in [5.74, 6) is 0.750. The van der Waals surface area contributed by atoms with Crippen LogP contribution in [0.25, 0.3) is 0 Å². The Balaban J connectivity index is 2.45. The number of rotatable bonds is 4. The summed E-state index contributed by atoms with van der Waals surface area (Å²) in [6, 6.07) is 13.8. The van der Waals surface area contributed by atoms with Crippen LogP contribution in [0.4, 0.5) is 0 Å². The first-order chi connectivity index (χ1) is 9.13. The van der Waals surface area contributed by atoms with Crippen LogP contribution in [0, 0.1) is 10.5 Å². The Hall–Kier alpha value is -1.07. The van der Waals surface area contributed by atoms with Gasteiger partial charge in [-0.15, -0.1) is 0 Å². The number of benzene rings is 2. The number of hydrogen-bond acceptors (Lipinski definition) is 2.